The van der Waals surface area contributed by atoms with Crippen LogP contribution >= 0.6 is 23.2 Å². The summed E-state index contributed by atoms with van der Waals surface area (Å²) in [5.74, 6) is 0.892. The Bertz CT molecular complexity index is 628. The zero-order valence-electron chi connectivity index (χ0n) is 12.4. The van der Waals surface area contributed by atoms with E-state index in [1.807, 2.05) is 19.2 Å². The minimum atomic E-state index is 0.231. The van der Waals surface area contributed by atoms with Crippen LogP contribution in [-0.4, -0.2) is 7.05 Å². The summed E-state index contributed by atoms with van der Waals surface area (Å²) in [5.41, 5.74) is 3.31. The first-order valence-corrected chi connectivity index (χ1v) is 7.61. The molecule has 0 saturated carbocycles. The van der Waals surface area contributed by atoms with Gasteiger partial charge < -0.3 is 10.1 Å². The summed E-state index contributed by atoms with van der Waals surface area (Å²) >= 11 is 12.0. The highest BCUT2D eigenvalue weighted by atomic mass is 35.5. The average Bonchev–Trinajstić information content (AvgIpc) is 2.48. The van der Waals surface area contributed by atoms with Crippen LogP contribution in [0.5, 0.6) is 5.75 Å². The van der Waals surface area contributed by atoms with Crippen molar-refractivity contribution in [3.8, 4) is 5.75 Å². The van der Waals surface area contributed by atoms with Gasteiger partial charge >= 0.3 is 0 Å². The third-order valence-electron chi connectivity index (χ3n) is 3.45. The molecule has 4 heteroatoms. The van der Waals surface area contributed by atoms with E-state index in [4.69, 9.17) is 27.9 Å². The van der Waals surface area contributed by atoms with Gasteiger partial charge in [0.1, 0.15) is 12.4 Å². The Morgan fingerprint density at radius 3 is 2.52 bits per heavy atom. The molecule has 2 aromatic rings. The molecule has 2 rings (SSSR count). The Morgan fingerprint density at radius 1 is 1.10 bits per heavy atom. The van der Waals surface area contributed by atoms with Gasteiger partial charge in [-0.3, -0.25) is 0 Å². The van der Waals surface area contributed by atoms with E-state index in [0.717, 1.165) is 16.9 Å². The van der Waals surface area contributed by atoms with Crippen molar-refractivity contribution < 1.29 is 4.74 Å². The lowest BCUT2D eigenvalue weighted by Crippen LogP contribution is -2.14. The number of hydrogen-bond donors (Lipinski definition) is 1. The maximum Gasteiger partial charge on any atom is 0.124 e. The molecule has 21 heavy (non-hydrogen) atoms. The van der Waals surface area contributed by atoms with Crippen LogP contribution < -0.4 is 10.1 Å². The van der Waals surface area contributed by atoms with Crippen molar-refractivity contribution in [2.24, 2.45) is 0 Å². The predicted molar refractivity (Wildman–Crippen MR) is 89.4 cm³/mol. The van der Waals surface area contributed by atoms with Gasteiger partial charge in [0.2, 0.25) is 0 Å². The van der Waals surface area contributed by atoms with Gasteiger partial charge in [-0.2, -0.15) is 0 Å². The molecule has 0 saturated heterocycles. The summed E-state index contributed by atoms with van der Waals surface area (Å²) in [6.07, 6.45) is 0. The second kappa shape index (κ2) is 7.17. The van der Waals surface area contributed by atoms with Crippen LogP contribution in [-0.2, 0) is 6.61 Å². The van der Waals surface area contributed by atoms with Crippen molar-refractivity contribution in [1.82, 2.24) is 5.32 Å². The number of aryl methyl sites for hydroxylation is 1. The molecule has 0 aliphatic heterocycles. The monoisotopic (exact) mass is 323 g/mol. The van der Waals surface area contributed by atoms with Crippen molar-refractivity contribution in [3.05, 3.63) is 63.1 Å². The predicted octanol–water partition coefficient (Wildman–Crippen LogP) is 5.16. The van der Waals surface area contributed by atoms with Crippen molar-refractivity contribution >= 4 is 23.2 Å². The molecule has 1 atom stereocenters. The first-order chi connectivity index (χ1) is 10.0. The molecule has 112 valence electrons. The molecular formula is C17H19Cl2NO. The van der Waals surface area contributed by atoms with E-state index in [9.17, 15) is 0 Å². The van der Waals surface area contributed by atoms with E-state index in [2.05, 4.69) is 37.4 Å². The van der Waals surface area contributed by atoms with Crippen LogP contribution in [0.3, 0.4) is 0 Å². The van der Waals surface area contributed by atoms with Gasteiger partial charge in [-0.15, -0.1) is 0 Å². The summed E-state index contributed by atoms with van der Waals surface area (Å²) < 4.78 is 5.98. The van der Waals surface area contributed by atoms with E-state index >= 15 is 0 Å². The Labute approximate surface area is 136 Å². The molecule has 0 aliphatic rings. The van der Waals surface area contributed by atoms with Crippen LogP contribution in [0.2, 0.25) is 10.0 Å². The highest BCUT2D eigenvalue weighted by Crippen LogP contribution is 2.28. The molecule has 0 spiro atoms. The van der Waals surface area contributed by atoms with Crippen LogP contribution in [0.4, 0.5) is 0 Å². The zero-order valence-corrected chi connectivity index (χ0v) is 13.9. The van der Waals surface area contributed by atoms with E-state index in [0.29, 0.717) is 16.7 Å². The van der Waals surface area contributed by atoms with Crippen LogP contribution in [0.15, 0.2) is 36.4 Å². The largest absolute Gasteiger partial charge is 0.489 e. The Morgan fingerprint density at radius 2 is 1.86 bits per heavy atom. The smallest absolute Gasteiger partial charge is 0.124 e. The number of halogens is 2. The zero-order chi connectivity index (χ0) is 15.4. The lowest BCUT2D eigenvalue weighted by Gasteiger charge is -2.17. The van der Waals surface area contributed by atoms with E-state index in [1.165, 1.54) is 5.56 Å². The topological polar surface area (TPSA) is 21.3 Å². The van der Waals surface area contributed by atoms with E-state index in [1.54, 1.807) is 6.07 Å². The van der Waals surface area contributed by atoms with Gasteiger partial charge in [-0.05, 0) is 50.2 Å². The van der Waals surface area contributed by atoms with Gasteiger partial charge in [0.25, 0.3) is 0 Å². The molecule has 0 radical (unpaired) electrons. The number of benzene rings is 2. The second-order valence-corrected chi connectivity index (χ2v) is 5.90. The van der Waals surface area contributed by atoms with Crippen LogP contribution in [0, 0.1) is 6.92 Å². The van der Waals surface area contributed by atoms with Crippen molar-refractivity contribution in [1.29, 1.82) is 0 Å². The number of ether oxygens (including phenoxy) is 1. The maximum atomic E-state index is 6.03. The Balaban J connectivity index is 2.18. The minimum Gasteiger partial charge on any atom is -0.489 e. The summed E-state index contributed by atoms with van der Waals surface area (Å²) in [5, 5.41) is 4.34. The first kappa shape index (κ1) is 16.2. The van der Waals surface area contributed by atoms with Gasteiger partial charge in [-0.1, -0.05) is 41.4 Å². The lowest BCUT2D eigenvalue weighted by atomic mass is 10.1. The SMILES string of the molecule is CNC(C)c1ccc(C)cc1OCc1ccc(Cl)c(Cl)c1. The van der Waals surface area contributed by atoms with Gasteiger partial charge in [0, 0.05) is 11.6 Å². The first-order valence-electron chi connectivity index (χ1n) is 6.86. The molecule has 1 unspecified atom stereocenters. The summed E-state index contributed by atoms with van der Waals surface area (Å²) in [6, 6.07) is 12.0. The van der Waals surface area contributed by atoms with E-state index in [-0.39, 0.29) is 6.04 Å². The van der Waals surface area contributed by atoms with Gasteiger partial charge in [-0.25, -0.2) is 0 Å². The summed E-state index contributed by atoms with van der Waals surface area (Å²) in [4.78, 5) is 0. The lowest BCUT2D eigenvalue weighted by molar-refractivity contribution is 0.300. The third-order valence-corrected chi connectivity index (χ3v) is 4.19. The number of hydrogen-bond acceptors (Lipinski definition) is 2. The summed E-state index contributed by atoms with van der Waals surface area (Å²) in [6.45, 7) is 4.63. The average molecular weight is 324 g/mol. The molecule has 2 aromatic carbocycles. The van der Waals surface area contributed by atoms with Crippen molar-refractivity contribution in [2.45, 2.75) is 26.5 Å². The maximum absolute atomic E-state index is 6.03. The standard InChI is InChI=1S/C17H19Cl2NO/c1-11-4-6-14(12(2)20-3)17(8-11)21-10-13-5-7-15(18)16(19)9-13/h4-9,12,20H,10H2,1-3H3. The molecule has 1 N–H and O–H groups in total. The van der Waals surface area contributed by atoms with Crippen LogP contribution in [0.25, 0.3) is 0 Å². The Hall–Kier alpha value is -1.22. The van der Waals surface area contributed by atoms with Gasteiger partial charge in [0.15, 0.2) is 0 Å². The molecule has 0 aromatic heterocycles. The minimum absolute atomic E-state index is 0.231. The number of rotatable bonds is 5. The third kappa shape index (κ3) is 4.13. The second-order valence-electron chi connectivity index (χ2n) is 5.09. The quantitative estimate of drug-likeness (QED) is 0.820. The molecule has 0 bridgehead atoms. The Kier molecular flexibility index (Phi) is 5.51. The molecule has 2 nitrogen and oxygen atoms in total. The molecule has 0 heterocycles. The van der Waals surface area contributed by atoms with Crippen molar-refractivity contribution in [3.63, 3.8) is 0 Å². The molecular weight excluding hydrogens is 305 g/mol. The molecule has 0 fully saturated rings. The fourth-order valence-corrected chi connectivity index (χ4v) is 2.39. The fraction of sp³-hybridized carbons (Fsp3) is 0.294. The fourth-order valence-electron chi connectivity index (χ4n) is 2.07. The van der Waals surface area contributed by atoms with Crippen molar-refractivity contribution in [2.75, 3.05) is 7.05 Å². The summed E-state index contributed by atoms with van der Waals surface area (Å²) in [7, 11) is 1.94. The van der Waals surface area contributed by atoms with E-state index < -0.39 is 0 Å². The molecule has 0 aliphatic carbocycles. The van der Waals surface area contributed by atoms with Gasteiger partial charge in [0.05, 0.1) is 10.0 Å². The molecule has 0 amide bonds. The highest BCUT2D eigenvalue weighted by Gasteiger charge is 2.10. The van der Waals surface area contributed by atoms with Crippen LogP contribution in [0.1, 0.15) is 29.7 Å². The normalized spacial score (nSPS) is 12.2. The highest BCUT2D eigenvalue weighted by molar-refractivity contribution is 6.42. The number of nitrogens with one attached hydrogen (secondary N) is 1.